The van der Waals surface area contributed by atoms with Crippen LogP contribution in [0.1, 0.15) is 0 Å². The standard InChI is InChI=1S/C14H11Br3O2/c15-10-3-1-4-11(9-10)18-7-8-19-14-12(16)5-2-6-13(14)17/h1-6,9H,7-8H2. The van der Waals surface area contributed by atoms with Crippen molar-refractivity contribution in [3.8, 4) is 11.5 Å². The molecule has 0 aromatic heterocycles. The number of ether oxygens (including phenoxy) is 2. The molecular weight excluding hydrogens is 440 g/mol. The lowest BCUT2D eigenvalue weighted by molar-refractivity contribution is 0.215. The third kappa shape index (κ3) is 4.51. The smallest absolute Gasteiger partial charge is 0.147 e. The van der Waals surface area contributed by atoms with E-state index >= 15 is 0 Å². The summed E-state index contributed by atoms with van der Waals surface area (Å²) in [4.78, 5) is 0. The molecule has 0 bridgehead atoms. The summed E-state index contributed by atoms with van der Waals surface area (Å²) in [5, 5.41) is 0. The van der Waals surface area contributed by atoms with E-state index < -0.39 is 0 Å². The minimum atomic E-state index is 0.480. The number of rotatable bonds is 5. The SMILES string of the molecule is Brc1cccc(OCCOc2c(Br)cccc2Br)c1. The minimum Gasteiger partial charge on any atom is -0.490 e. The Morgan fingerprint density at radius 1 is 0.789 bits per heavy atom. The predicted octanol–water partition coefficient (Wildman–Crippen LogP) is 5.43. The van der Waals surface area contributed by atoms with E-state index in [1.807, 2.05) is 42.5 Å². The normalized spacial score (nSPS) is 10.3. The molecule has 2 aromatic rings. The monoisotopic (exact) mass is 448 g/mol. The Labute approximate surface area is 137 Å². The molecule has 0 atom stereocenters. The molecule has 0 N–H and O–H groups in total. The quantitative estimate of drug-likeness (QED) is 0.565. The molecule has 0 fully saturated rings. The number of halogens is 3. The molecule has 0 saturated heterocycles. The Morgan fingerprint density at radius 2 is 1.42 bits per heavy atom. The highest BCUT2D eigenvalue weighted by Gasteiger charge is 2.05. The highest BCUT2D eigenvalue weighted by atomic mass is 79.9. The Hall–Kier alpha value is -0.520. The Bertz CT molecular complexity index is 538. The first-order valence-electron chi connectivity index (χ1n) is 5.62. The summed E-state index contributed by atoms with van der Waals surface area (Å²) in [5.74, 6) is 1.62. The van der Waals surface area contributed by atoms with Crippen molar-refractivity contribution in [2.24, 2.45) is 0 Å². The fraction of sp³-hybridized carbons (Fsp3) is 0.143. The summed E-state index contributed by atoms with van der Waals surface area (Å²) in [6.07, 6.45) is 0. The van der Waals surface area contributed by atoms with E-state index in [0.29, 0.717) is 13.2 Å². The van der Waals surface area contributed by atoms with Gasteiger partial charge >= 0.3 is 0 Å². The van der Waals surface area contributed by atoms with E-state index in [1.165, 1.54) is 0 Å². The highest BCUT2D eigenvalue weighted by molar-refractivity contribution is 9.11. The van der Waals surface area contributed by atoms with Crippen LogP contribution in [-0.2, 0) is 0 Å². The van der Waals surface area contributed by atoms with Gasteiger partial charge in [-0.3, -0.25) is 0 Å². The van der Waals surface area contributed by atoms with Crippen molar-refractivity contribution in [3.63, 3.8) is 0 Å². The molecule has 2 aromatic carbocycles. The van der Waals surface area contributed by atoms with E-state index in [2.05, 4.69) is 47.8 Å². The summed E-state index contributed by atoms with van der Waals surface area (Å²) < 4.78 is 14.1. The van der Waals surface area contributed by atoms with Gasteiger partial charge in [-0.2, -0.15) is 0 Å². The molecule has 0 aliphatic carbocycles. The van der Waals surface area contributed by atoms with Gasteiger partial charge in [-0.1, -0.05) is 28.1 Å². The number of para-hydroxylation sites is 1. The van der Waals surface area contributed by atoms with Gasteiger partial charge in [0.25, 0.3) is 0 Å². The first kappa shape index (κ1) is 14.9. The van der Waals surface area contributed by atoms with Crippen LogP contribution in [0.15, 0.2) is 55.9 Å². The summed E-state index contributed by atoms with van der Waals surface area (Å²) in [5.41, 5.74) is 0. The van der Waals surface area contributed by atoms with E-state index in [9.17, 15) is 0 Å². The summed E-state index contributed by atoms with van der Waals surface area (Å²) in [6.45, 7) is 0.970. The van der Waals surface area contributed by atoms with Crippen molar-refractivity contribution in [2.45, 2.75) is 0 Å². The molecule has 0 unspecified atom stereocenters. The maximum Gasteiger partial charge on any atom is 0.147 e. The topological polar surface area (TPSA) is 18.5 Å². The van der Waals surface area contributed by atoms with E-state index in [1.54, 1.807) is 0 Å². The molecule has 100 valence electrons. The lowest BCUT2D eigenvalue weighted by Gasteiger charge is -2.11. The second-order valence-corrected chi connectivity index (χ2v) is 6.33. The average molecular weight is 451 g/mol. The number of hydrogen-bond acceptors (Lipinski definition) is 2. The maximum absolute atomic E-state index is 5.69. The fourth-order valence-electron chi connectivity index (χ4n) is 1.48. The highest BCUT2D eigenvalue weighted by Crippen LogP contribution is 2.32. The van der Waals surface area contributed by atoms with Crippen LogP contribution < -0.4 is 9.47 Å². The lowest BCUT2D eigenvalue weighted by Crippen LogP contribution is -2.09. The Kier molecular flexibility index (Phi) is 5.73. The van der Waals surface area contributed by atoms with Gasteiger partial charge < -0.3 is 9.47 Å². The number of hydrogen-bond donors (Lipinski definition) is 0. The zero-order valence-corrected chi connectivity index (χ0v) is 14.7. The van der Waals surface area contributed by atoms with Gasteiger partial charge in [0, 0.05) is 4.47 Å². The predicted molar refractivity (Wildman–Crippen MR) is 87.0 cm³/mol. The molecule has 0 saturated carbocycles. The third-order valence-electron chi connectivity index (χ3n) is 2.31. The van der Waals surface area contributed by atoms with Crippen LogP contribution in [0.5, 0.6) is 11.5 Å². The van der Waals surface area contributed by atoms with Crippen molar-refractivity contribution in [1.82, 2.24) is 0 Å². The number of benzene rings is 2. The molecular formula is C14H11Br3O2. The van der Waals surface area contributed by atoms with Crippen LogP contribution in [0.3, 0.4) is 0 Å². The molecule has 0 radical (unpaired) electrons. The van der Waals surface area contributed by atoms with Crippen molar-refractivity contribution in [3.05, 3.63) is 55.9 Å². The van der Waals surface area contributed by atoms with Crippen LogP contribution in [0.4, 0.5) is 0 Å². The fourth-order valence-corrected chi connectivity index (χ4v) is 3.09. The maximum atomic E-state index is 5.69. The van der Waals surface area contributed by atoms with Crippen LogP contribution in [-0.4, -0.2) is 13.2 Å². The van der Waals surface area contributed by atoms with Gasteiger partial charge in [0.05, 0.1) is 8.95 Å². The van der Waals surface area contributed by atoms with Gasteiger partial charge in [-0.15, -0.1) is 0 Å². The minimum absolute atomic E-state index is 0.480. The second kappa shape index (κ2) is 7.31. The third-order valence-corrected chi connectivity index (χ3v) is 4.06. The van der Waals surface area contributed by atoms with Crippen LogP contribution >= 0.6 is 47.8 Å². The first-order chi connectivity index (χ1) is 9.16. The van der Waals surface area contributed by atoms with Crippen LogP contribution in [0.2, 0.25) is 0 Å². The molecule has 0 spiro atoms. The van der Waals surface area contributed by atoms with Crippen LogP contribution in [0, 0.1) is 0 Å². The van der Waals surface area contributed by atoms with Gasteiger partial charge in [0.2, 0.25) is 0 Å². The lowest BCUT2D eigenvalue weighted by atomic mass is 10.3. The molecule has 2 nitrogen and oxygen atoms in total. The molecule has 0 heterocycles. The molecule has 0 aliphatic rings. The van der Waals surface area contributed by atoms with Gasteiger partial charge in [0.1, 0.15) is 24.7 Å². The van der Waals surface area contributed by atoms with Crippen molar-refractivity contribution in [2.75, 3.05) is 13.2 Å². The first-order valence-corrected chi connectivity index (χ1v) is 8.00. The van der Waals surface area contributed by atoms with Gasteiger partial charge in [0.15, 0.2) is 0 Å². The summed E-state index contributed by atoms with van der Waals surface area (Å²) in [7, 11) is 0. The largest absolute Gasteiger partial charge is 0.490 e. The van der Waals surface area contributed by atoms with E-state index in [0.717, 1.165) is 24.9 Å². The molecule has 5 heteroatoms. The molecule has 2 rings (SSSR count). The van der Waals surface area contributed by atoms with Gasteiger partial charge in [-0.25, -0.2) is 0 Å². The van der Waals surface area contributed by atoms with E-state index in [-0.39, 0.29) is 0 Å². The van der Waals surface area contributed by atoms with Crippen LogP contribution in [0.25, 0.3) is 0 Å². The Morgan fingerprint density at radius 3 is 2.11 bits per heavy atom. The van der Waals surface area contributed by atoms with Crippen molar-refractivity contribution in [1.29, 1.82) is 0 Å². The summed E-state index contributed by atoms with van der Waals surface area (Å²) in [6, 6.07) is 13.6. The molecule has 19 heavy (non-hydrogen) atoms. The second-order valence-electron chi connectivity index (χ2n) is 3.71. The zero-order chi connectivity index (χ0) is 13.7. The van der Waals surface area contributed by atoms with E-state index in [4.69, 9.17) is 9.47 Å². The molecule has 0 aliphatic heterocycles. The average Bonchev–Trinajstić information content (AvgIpc) is 2.37. The van der Waals surface area contributed by atoms with Gasteiger partial charge in [-0.05, 0) is 62.2 Å². The molecule has 0 amide bonds. The summed E-state index contributed by atoms with van der Waals surface area (Å²) >= 11 is 10.3. The van der Waals surface area contributed by atoms with Crippen molar-refractivity contribution < 1.29 is 9.47 Å². The van der Waals surface area contributed by atoms with Crippen molar-refractivity contribution >= 4 is 47.8 Å². The Balaban J connectivity index is 1.84. The zero-order valence-electron chi connectivity index (χ0n) is 9.91.